The van der Waals surface area contributed by atoms with Crippen molar-refractivity contribution >= 4 is 11.8 Å². The number of piperidine rings is 1. The van der Waals surface area contributed by atoms with Gasteiger partial charge in [-0.25, -0.2) is 0 Å². The second-order valence-corrected chi connectivity index (χ2v) is 7.82. The number of carbonyl (C=O) groups is 2. The summed E-state index contributed by atoms with van der Waals surface area (Å²) in [6.07, 6.45) is 1.74. The molecule has 1 saturated heterocycles. The van der Waals surface area contributed by atoms with Crippen LogP contribution in [0.2, 0.25) is 0 Å². The number of carbonyl (C=O) groups excluding carboxylic acids is 2. The summed E-state index contributed by atoms with van der Waals surface area (Å²) in [5.41, 5.74) is 7.08. The Labute approximate surface area is 162 Å². The van der Waals surface area contributed by atoms with E-state index in [9.17, 15) is 9.59 Å². The average Bonchev–Trinajstić information content (AvgIpc) is 2.67. The summed E-state index contributed by atoms with van der Waals surface area (Å²) >= 11 is 0. The summed E-state index contributed by atoms with van der Waals surface area (Å²) < 4.78 is 5.22. The quantitative estimate of drug-likeness (QED) is 0.794. The van der Waals surface area contributed by atoms with Crippen LogP contribution in [0.15, 0.2) is 24.3 Å². The normalized spacial score (nSPS) is 21.3. The van der Waals surface area contributed by atoms with E-state index >= 15 is 0 Å². The Morgan fingerprint density at radius 1 is 1.33 bits per heavy atom. The van der Waals surface area contributed by atoms with E-state index in [1.54, 1.807) is 24.0 Å². The van der Waals surface area contributed by atoms with E-state index < -0.39 is 0 Å². The van der Waals surface area contributed by atoms with Gasteiger partial charge in [-0.05, 0) is 36.5 Å². The Hall–Kier alpha value is -2.08. The van der Waals surface area contributed by atoms with Crippen molar-refractivity contribution in [3.63, 3.8) is 0 Å². The van der Waals surface area contributed by atoms with Crippen LogP contribution in [0.4, 0.5) is 0 Å². The third-order valence-corrected chi connectivity index (χ3v) is 5.67. The number of likely N-dealkylation sites (tertiary alicyclic amines) is 1. The maximum Gasteiger partial charge on any atom is 0.227 e. The molecule has 3 unspecified atom stereocenters. The molecule has 0 bridgehead atoms. The lowest BCUT2D eigenvalue weighted by molar-refractivity contribution is -0.146. The van der Waals surface area contributed by atoms with Crippen LogP contribution in [0.5, 0.6) is 5.75 Å². The van der Waals surface area contributed by atoms with Gasteiger partial charge in [0.1, 0.15) is 5.75 Å². The van der Waals surface area contributed by atoms with E-state index in [0.717, 1.165) is 17.7 Å². The number of rotatable bonds is 7. The lowest BCUT2D eigenvalue weighted by atomic mass is 9.83. The number of amides is 2. The molecule has 0 radical (unpaired) electrons. The van der Waals surface area contributed by atoms with Gasteiger partial charge in [0, 0.05) is 33.1 Å². The van der Waals surface area contributed by atoms with Crippen LogP contribution in [0.1, 0.15) is 44.7 Å². The smallest absolute Gasteiger partial charge is 0.227 e. The van der Waals surface area contributed by atoms with Crippen molar-refractivity contribution in [1.82, 2.24) is 9.80 Å². The summed E-state index contributed by atoms with van der Waals surface area (Å²) in [5, 5.41) is 0. The van der Waals surface area contributed by atoms with Gasteiger partial charge in [0.05, 0.1) is 19.1 Å². The summed E-state index contributed by atoms with van der Waals surface area (Å²) in [6, 6.07) is 7.44. The molecule has 1 aromatic rings. The number of nitrogens with zero attached hydrogens (tertiary/aromatic N) is 2. The average molecular weight is 376 g/mol. The highest BCUT2D eigenvalue weighted by atomic mass is 16.5. The summed E-state index contributed by atoms with van der Waals surface area (Å²) in [6.45, 7) is 4.81. The lowest BCUT2D eigenvalue weighted by Gasteiger charge is -2.40. The zero-order valence-electron chi connectivity index (χ0n) is 17.1. The van der Waals surface area contributed by atoms with Gasteiger partial charge in [0.2, 0.25) is 11.8 Å². The topological polar surface area (TPSA) is 75.9 Å². The number of methoxy groups -OCH3 is 1. The fourth-order valence-electron chi connectivity index (χ4n) is 3.62. The molecule has 0 aliphatic carbocycles. The van der Waals surface area contributed by atoms with Gasteiger partial charge in [-0.15, -0.1) is 0 Å². The minimum absolute atomic E-state index is 0.0735. The number of hydrogen-bond donors (Lipinski definition) is 1. The molecule has 27 heavy (non-hydrogen) atoms. The highest BCUT2D eigenvalue weighted by Crippen LogP contribution is 2.37. The molecule has 0 spiro atoms. The molecule has 6 heteroatoms. The van der Waals surface area contributed by atoms with Gasteiger partial charge in [-0.3, -0.25) is 9.59 Å². The number of benzene rings is 1. The SMILES string of the molecule is COc1ccc(C2C(C(=O)N(C)CCC(N)C(C)C)CCC(=O)N2C)cc1. The maximum atomic E-state index is 13.2. The second-order valence-electron chi connectivity index (χ2n) is 7.82. The molecular weight excluding hydrogens is 342 g/mol. The summed E-state index contributed by atoms with van der Waals surface area (Å²) in [4.78, 5) is 28.9. The van der Waals surface area contributed by atoms with Crippen LogP contribution in [0.25, 0.3) is 0 Å². The predicted octanol–water partition coefficient (Wildman–Crippen LogP) is 2.44. The van der Waals surface area contributed by atoms with Crippen LogP contribution < -0.4 is 10.5 Å². The molecule has 2 amide bonds. The molecule has 1 aromatic carbocycles. The molecule has 150 valence electrons. The van der Waals surface area contributed by atoms with Crippen LogP contribution in [-0.2, 0) is 9.59 Å². The molecule has 3 atom stereocenters. The molecule has 0 aromatic heterocycles. The van der Waals surface area contributed by atoms with Crippen molar-refractivity contribution < 1.29 is 14.3 Å². The van der Waals surface area contributed by atoms with Gasteiger partial charge >= 0.3 is 0 Å². The first kappa shape index (κ1) is 21.2. The van der Waals surface area contributed by atoms with Crippen molar-refractivity contribution in [1.29, 1.82) is 0 Å². The van der Waals surface area contributed by atoms with E-state index in [0.29, 0.717) is 25.3 Å². The van der Waals surface area contributed by atoms with E-state index in [1.165, 1.54) is 0 Å². The van der Waals surface area contributed by atoms with Gasteiger partial charge < -0.3 is 20.3 Å². The molecule has 2 rings (SSSR count). The molecule has 1 fully saturated rings. The number of nitrogens with two attached hydrogens (primary N) is 1. The first-order valence-electron chi connectivity index (χ1n) is 9.66. The van der Waals surface area contributed by atoms with Gasteiger partial charge in [-0.1, -0.05) is 26.0 Å². The summed E-state index contributed by atoms with van der Waals surface area (Å²) in [7, 11) is 5.23. The largest absolute Gasteiger partial charge is 0.497 e. The van der Waals surface area contributed by atoms with Gasteiger partial charge in [0.25, 0.3) is 0 Å². The Kier molecular flexibility index (Phi) is 7.25. The van der Waals surface area contributed by atoms with Gasteiger partial charge in [-0.2, -0.15) is 0 Å². The predicted molar refractivity (Wildman–Crippen MR) is 106 cm³/mol. The van der Waals surface area contributed by atoms with Crippen molar-refractivity contribution in [3.8, 4) is 5.75 Å². The first-order valence-corrected chi connectivity index (χ1v) is 9.66. The van der Waals surface area contributed by atoms with E-state index in [2.05, 4.69) is 13.8 Å². The van der Waals surface area contributed by atoms with Gasteiger partial charge in [0.15, 0.2) is 0 Å². The minimum Gasteiger partial charge on any atom is -0.497 e. The zero-order valence-corrected chi connectivity index (χ0v) is 17.1. The molecule has 2 N–H and O–H groups in total. The highest BCUT2D eigenvalue weighted by molar-refractivity contribution is 5.84. The van der Waals surface area contributed by atoms with E-state index in [1.807, 2.05) is 31.3 Å². The van der Waals surface area contributed by atoms with Crippen LogP contribution in [0.3, 0.4) is 0 Å². The van der Waals surface area contributed by atoms with Crippen molar-refractivity contribution in [3.05, 3.63) is 29.8 Å². The van der Waals surface area contributed by atoms with Crippen LogP contribution in [-0.4, -0.2) is 55.4 Å². The second kappa shape index (κ2) is 9.22. The molecule has 1 aliphatic heterocycles. The molecule has 1 heterocycles. The standard InChI is InChI=1S/C21H33N3O3/c1-14(2)18(22)12-13-23(3)21(26)17-10-11-19(25)24(4)20(17)15-6-8-16(27-5)9-7-15/h6-9,14,17-18,20H,10-13,22H2,1-5H3. The Morgan fingerprint density at radius 3 is 2.52 bits per heavy atom. The highest BCUT2D eigenvalue weighted by Gasteiger charge is 2.39. The molecular formula is C21H33N3O3. The fraction of sp³-hybridized carbons (Fsp3) is 0.619. The van der Waals surface area contributed by atoms with E-state index in [4.69, 9.17) is 10.5 Å². The lowest BCUT2D eigenvalue weighted by Crippen LogP contribution is -2.47. The Morgan fingerprint density at radius 2 is 1.96 bits per heavy atom. The molecule has 6 nitrogen and oxygen atoms in total. The third-order valence-electron chi connectivity index (χ3n) is 5.67. The van der Waals surface area contributed by atoms with Crippen LogP contribution in [0, 0.1) is 11.8 Å². The molecule has 0 saturated carbocycles. The monoisotopic (exact) mass is 375 g/mol. The van der Waals surface area contributed by atoms with Crippen molar-refractivity contribution in [2.24, 2.45) is 17.6 Å². The number of ether oxygens (including phenoxy) is 1. The Balaban J connectivity index is 2.17. The first-order chi connectivity index (χ1) is 12.8. The summed E-state index contributed by atoms with van der Waals surface area (Å²) in [5.74, 6) is 1.04. The van der Waals surface area contributed by atoms with E-state index in [-0.39, 0.29) is 29.8 Å². The Bertz CT molecular complexity index is 645. The van der Waals surface area contributed by atoms with Crippen molar-refractivity contribution in [2.75, 3.05) is 27.7 Å². The fourth-order valence-corrected chi connectivity index (χ4v) is 3.62. The third kappa shape index (κ3) is 5.01. The number of hydrogen-bond acceptors (Lipinski definition) is 4. The molecule has 1 aliphatic rings. The van der Waals surface area contributed by atoms with Crippen LogP contribution >= 0.6 is 0 Å². The zero-order chi connectivity index (χ0) is 20.1. The van der Waals surface area contributed by atoms with Crippen molar-refractivity contribution in [2.45, 2.75) is 45.2 Å². The minimum atomic E-state index is -0.258. The maximum absolute atomic E-state index is 13.2.